The molecular formula is C11H10ClN3O4. The minimum absolute atomic E-state index is 0.00588. The van der Waals surface area contributed by atoms with Crippen LogP contribution in [-0.2, 0) is 9.59 Å². The fourth-order valence-electron chi connectivity index (χ4n) is 1.74. The molecular weight excluding hydrogens is 274 g/mol. The first-order chi connectivity index (χ1) is 8.88. The number of rotatable bonds is 3. The Labute approximate surface area is 113 Å². The molecule has 2 N–H and O–H groups in total. The molecule has 0 radical (unpaired) electrons. The van der Waals surface area contributed by atoms with Crippen molar-refractivity contribution in [3.05, 3.63) is 22.8 Å². The predicted octanol–water partition coefficient (Wildman–Crippen LogP) is 0.602. The second-order valence-electron chi connectivity index (χ2n) is 4.06. The summed E-state index contributed by atoms with van der Waals surface area (Å²) >= 11 is 5.70. The lowest BCUT2D eigenvalue weighted by Gasteiger charge is -2.12. The van der Waals surface area contributed by atoms with E-state index in [1.165, 1.54) is 19.2 Å². The molecule has 8 heteroatoms. The highest BCUT2D eigenvalue weighted by Crippen LogP contribution is 2.19. The van der Waals surface area contributed by atoms with Crippen LogP contribution >= 0.6 is 11.6 Å². The van der Waals surface area contributed by atoms with Crippen molar-refractivity contribution in [1.29, 1.82) is 0 Å². The summed E-state index contributed by atoms with van der Waals surface area (Å²) in [6.07, 6.45) is 0.00588. The largest absolute Gasteiger partial charge is 0.478 e. The number of carbonyl (C=O) groups excluding carboxylic acids is 2. The molecule has 19 heavy (non-hydrogen) atoms. The van der Waals surface area contributed by atoms with Crippen molar-refractivity contribution in [3.8, 4) is 0 Å². The average Bonchev–Trinajstić information content (AvgIpc) is 2.56. The first kappa shape index (κ1) is 13.3. The van der Waals surface area contributed by atoms with Crippen LogP contribution in [0.5, 0.6) is 0 Å². The smallest absolute Gasteiger partial charge is 0.335 e. The summed E-state index contributed by atoms with van der Waals surface area (Å²) in [5.74, 6) is -1.70. The van der Waals surface area contributed by atoms with Crippen LogP contribution in [0.15, 0.2) is 12.1 Å². The van der Waals surface area contributed by atoms with Crippen LogP contribution in [0.25, 0.3) is 0 Å². The number of nitrogens with zero attached hydrogens (tertiary/aromatic N) is 2. The van der Waals surface area contributed by atoms with Gasteiger partial charge in [0.15, 0.2) is 0 Å². The molecule has 2 amide bonds. The highest BCUT2D eigenvalue weighted by atomic mass is 35.5. The van der Waals surface area contributed by atoms with Crippen molar-refractivity contribution in [3.63, 3.8) is 0 Å². The van der Waals surface area contributed by atoms with Crippen molar-refractivity contribution >= 4 is 35.2 Å². The molecule has 7 nitrogen and oxygen atoms in total. The summed E-state index contributed by atoms with van der Waals surface area (Å²) < 4.78 is 0. The summed E-state index contributed by atoms with van der Waals surface area (Å²) in [5.41, 5.74) is -0.0485. The molecule has 0 spiro atoms. The van der Waals surface area contributed by atoms with Gasteiger partial charge >= 0.3 is 5.97 Å². The lowest BCUT2D eigenvalue weighted by atomic mass is 10.2. The quantitative estimate of drug-likeness (QED) is 0.622. The zero-order valence-corrected chi connectivity index (χ0v) is 10.6. The second kappa shape index (κ2) is 4.85. The van der Waals surface area contributed by atoms with Crippen LogP contribution in [0.4, 0.5) is 5.82 Å². The number of imide groups is 1. The highest BCUT2D eigenvalue weighted by Gasteiger charge is 2.36. The predicted molar refractivity (Wildman–Crippen MR) is 66.0 cm³/mol. The Morgan fingerprint density at radius 3 is 2.74 bits per heavy atom. The third kappa shape index (κ3) is 2.65. The number of anilines is 1. The summed E-state index contributed by atoms with van der Waals surface area (Å²) in [4.78, 5) is 38.8. The standard InChI is InChI=1S/C11H10ClN3O4/c1-15-9(16)4-6(10(15)17)13-8-3-5(11(18)19)2-7(12)14-8/h2-3,6H,4H2,1H3,(H,13,14)(H,18,19). The van der Waals surface area contributed by atoms with Crippen molar-refractivity contribution in [2.75, 3.05) is 12.4 Å². The van der Waals surface area contributed by atoms with Gasteiger partial charge in [0, 0.05) is 7.05 Å². The first-order valence-corrected chi connectivity index (χ1v) is 5.74. The summed E-state index contributed by atoms with van der Waals surface area (Å²) in [7, 11) is 1.39. The van der Waals surface area contributed by atoms with Gasteiger partial charge in [0.05, 0.1) is 12.0 Å². The van der Waals surface area contributed by atoms with Gasteiger partial charge in [0.25, 0.3) is 5.91 Å². The van der Waals surface area contributed by atoms with Crippen molar-refractivity contribution < 1.29 is 19.5 Å². The summed E-state index contributed by atoms with van der Waals surface area (Å²) in [6, 6.07) is 1.71. The third-order valence-corrected chi connectivity index (χ3v) is 2.94. The van der Waals surface area contributed by atoms with Gasteiger partial charge in [-0.25, -0.2) is 9.78 Å². The Hall–Kier alpha value is -2.15. The number of aromatic carboxylic acids is 1. The van der Waals surface area contributed by atoms with Crippen molar-refractivity contribution in [2.24, 2.45) is 0 Å². The summed E-state index contributed by atoms with van der Waals surface area (Å²) in [5, 5.41) is 11.6. The molecule has 1 aliphatic rings. The maximum atomic E-state index is 11.7. The molecule has 1 saturated heterocycles. The van der Waals surface area contributed by atoms with Crippen LogP contribution in [0.1, 0.15) is 16.8 Å². The molecule has 1 aromatic heterocycles. The number of aromatic nitrogens is 1. The number of carbonyl (C=O) groups is 3. The molecule has 1 atom stereocenters. The number of carboxylic acids is 1. The molecule has 1 unspecified atom stereocenters. The lowest BCUT2D eigenvalue weighted by molar-refractivity contribution is -0.136. The van der Waals surface area contributed by atoms with E-state index >= 15 is 0 Å². The van der Waals surface area contributed by atoms with Crippen LogP contribution in [0.3, 0.4) is 0 Å². The van der Waals surface area contributed by atoms with E-state index in [9.17, 15) is 14.4 Å². The minimum atomic E-state index is -1.15. The molecule has 0 aromatic carbocycles. The number of halogens is 1. The van der Waals surface area contributed by atoms with Gasteiger partial charge in [-0.15, -0.1) is 0 Å². The van der Waals surface area contributed by atoms with Crippen molar-refractivity contribution in [2.45, 2.75) is 12.5 Å². The van der Waals surface area contributed by atoms with Gasteiger partial charge in [-0.3, -0.25) is 14.5 Å². The number of likely N-dealkylation sites (N-methyl/N-ethyl adjacent to an activating group) is 1. The van der Waals surface area contributed by atoms with E-state index in [4.69, 9.17) is 16.7 Å². The Bertz CT molecular complexity index is 575. The van der Waals surface area contributed by atoms with Crippen LogP contribution in [0, 0.1) is 0 Å². The topological polar surface area (TPSA) is 99.6 Å². The Kier molecular flexibility index (Phi) is 3.39. The number of nitrogens with one attached hydrogen (secondary N) is 1. The zero-order chi connectivity index (χ0) is 14.2. The molecule has 100 valence electrons. The van der Waals surface area contributed by atoms with Crippen LogP contribution in [-0.4, -0.2) is 45.9 Å². The number of carboxylic acid groups (broad SMARTS) is 1. The second-order valence-corrected chi connectivity index (χ2v) is 4.45. The van der Waals surface area contributed by atoms with Gasteiger partial charge in [0.1, 0.15) is 17.0 Å². The van der Waals surface area contributed by atoms with Crippen molar-refractivity contribution in [1.82, 2.24) is 9.88 Å². The normalized spacial score (nSPS) is 18.8. The van der Waals surface area contributed by atoms with E-state index in [0.717, 1.165) is 4.90 Å². The van der Waals surface area contributed by atoms with Gasteiger partial charge in [-0.2, -0.15) is 0 Å². The van der Waals surface area contributed by atoms with E-state index in [0.29, 0.717) is 0 Å². The third-order valence-electron chi connectivity index (χ3n) is 2.74. The maximum absolute atomic E-state index is 11.7. The number of likely N-dealkylation sites (tertiary alicyclic amines) is 1. The molecule has 2 rings (SSSR count). The maximum Gasteiger partial charge on any atom is 0.335 e. The van der Waals surface area contributed by atoms with E-state index in [1.54, 1.807) is 0 Å². The number of amides is 2. The fourth-order valence-corrected chi connectivity index (χ4v) is 1.95. The SMILES string of the molecule is CN1C(=O)CC(Nc2cc(C(=O)O)cc(Cl)n2)C1=O. The minimum Gasteiger partial charge on any atom is -0.478 e. The lowest BCUT2D eigenvalue weighted by Crippen LogP contribution is -2.32. The van der Waals surface area contributed by atoms with Gasteiger partial charge < -0.3 is 10.4 Å². The molecule has 0 saturated carbocycles. The monoisotopic (exact) mass is 283 g/mol. The highest BCUT2D eigenvalue weighted by molar-refractivity contribution is 6.29. The summed E-state index contributed by atoms with van der Waals surface area (Å²) in [6.45, 7) is 0. The van der Waals surface area contributed by atoms with E-state index in [2.05, 4.69) is 10.3 Å². The average molecular weight is 284 g/mol. The van der Waals surface area contributed by atoms with E-state index in [-0.39, 0.29) is 34.8 Å². The zero-order valence-electron chi connectivity index (χ0n) is 9.88. The number of pyridine rings is 1. The molecule has 1 aromatic rings. The molecule has 0 aliphatic carbocycles. The number of hydrogen-bond donors (Lipinski definition) is 2. The first-order valence-electron chi connectivity index (χ1n) is 5.36. The molecule has 2 heterocycles. The Morgan fingerprint density at radius 2 is 2.21 bits per heavy atom. The molecule has 1 fully saturated rings. The van der Waals surface area contributed by atoms with E-state index < -0.39 is 12.0 Å². The van der Waals surface area contributed by atoms with Gasteiger partial charge in [0.2, 0.25) is 5.91 Å². The van der Waals surface area contributed by atoms with Crippen LogP contribution in [0.2, 0.25) is 5.15 Å². The van der Waals surface area contributed by atoms with E-state index in [1.807, 2.05) is 0 Å². The Morgan fingerprint density at radius 1 is 1.53 bits per heavy atom. The Balaban J connectivity index is 2.22. The van der Waals surface area contributed by atoms with Gasteiger partial charge in [-0.05, 0) is 12.1 Å². The van der Waals surface area contributed by atoms with Crippen LogP contribution < -0.4 is 5.32 Å². The van der Waals surface area contributed by atoms with Gasteiger partial charge in [-0.1, -0.05) is 11.6 Å². The number of hydrogen-bond acceptors (Lipinski definition) is 5. The fraction of sp³-hybridized carbons (Fsp3) is 0.273. The molecule has 1 aliphatic heterocycles. The molecule has 0 bridgehead atoms.